The molecule has 0 atom stereocenters. The van der Waals surface area contributed by atoms with Crippen molar-refractivity contribution in [1.29, 1.82) is 0 Å². The lowest BCUT2D eigenvalue weighted by Crippen LogP contribution is -2.45. The van der Waals surface area contributed by atoms with Gasteiger partial charge in [-0.25, -0.2) is 4.79 Å². The van der Waals surface area contributed by atoms with E-state index in [1.54, 1.807) is 12.1 Å². The van der Waals surface area contributed by atoms with Crippen LogP contribution in [0.3, 0.4) is 0 Å². The first-order valence-corrected chi connectivity index (χ1v) is 10.4. The molecule has 0 spiro atoms. The minimum Gasteiger partial charge on any atom is -0.478 e. The third-order valence-electron chi connectivity index (χ3n) is 3.57. The maximum absolute atomic E-state index is 11.2. The number of aromatic carboxylic acids is 1. The first kappa shape index (κ1) is 16.7. The highest BCUT2D eigenvalue weighted by Gasteiger charge is 2.34. The third-order valence-corrected chi connectivity index (χ3v) is 8.62. The van der Waals surface area contributed by atoms with E-state index in [1.165, 1.54) is 6.07 Å². The van der Waals surface area contributed by atoms with Gasteiger partial charge in [0, 0.05) is 0 Å². The number of carboxylic acid groups (broad SMARTS) is 1. The Kier molecular flexibility index (Phi) is 4.62. The van der Waals surface area contributed by atoms with Crippen LogP contribution in [0, 0.1) is 0 Å². The molecule has 0 unspecified atom stereocenters. The second kappa shape index (κ2) is 5.55. The third kappa shape index (κ3) is 3.59. The highest BCUT2D eigenvalue weighted by molar-refractivity contribution is 7.81. The van der Waals surface area contributed by atoms with Crippen LogP contribution in [-0.4, -0.2) is 32.1 Å². The van der Waals surface area contributed by atoms with Crippen LogP contribution in [0.15, 0.2) is 18.2 Å². The van der Waals surface area contributed by atoms with E-state index in [1.807, 2.05) is 26.9 Å². The standard InChI is InChI=1S/C12H18O6SSi/c1-8(2)20(3,4)10-7-5-6-9(12(13)14)11(10)18-19(15,16)17/h5-8H,1-4H3,(H,13,14)(H,15,16,17). The number of carboxylic acids is 1. The molecule has 0 aliphatic carbocycles. The van der Waals surface area contributed by atoms with Crippen molar-refractivity contribution in [2.45, 2.75) is 32.5 Å². The van der Waals surface area contributed by atoms with Gasteiger partial charge in [-0.1, -0.05) is 39.1 Å². The van der Waals surface area contributed by atoms with Gasteiger partial charge >= 0.3 is 16.4 Å². The fourth-order valence-corrected chi connectivity index (χ4v) is 4.10. The van der Waals surface area contributed by atoms with Crippen molar-refractivity contribution in [1.82, 2.24) is 0 Å². The van der Waals surface area contributed by atoms with Crippen molar-refractivity contribution in [3.8, 4) is 5.75 Å². The van der Waals surface area contributed by atoms with Crippen LogP contribution < -0.4 is 9.37 Å². The summed E-state index contributed by atoms with van der Waals surface area (Å²) >= 11 is 0. The van der Waals surface area contributed by atoms with E-state index in [9.17, 15) is 13.2 Å². The first-order chi connectivity index (χ1) is 8.97. The van der Waals surface area contributed by atoms with Crippen LogP contribution in [0.2, 0.25) is 18.6 Å². The minimum atomic E-state index is -4.78. The van der Waals surface area contributed by atoms with Gasteiger partial charge in [-0.15, -0.1) is 0 Å². The van der Waals surface area contributed by atoms with Crippen molar-refractivity contribution in [2.24, 2.45) is 0 Å². The van der Waals surface area contributed by atoms with E-state index < -0.39 is 24.4 Å². The van der Waals surface area contributed by atoms with Crippen LogP contribution in [0.25, 0.3) is 0 Å². The predicted octanol–water partition coefficient (Wildman–Crippen LogP) is 1.89. The lowest BCUT2D eigenvalue weighted by atomic mass is 10.2. The zero-order valence-electron chi connectivity index (χ0n) is 11.7. The molecule has 0 saturated heterocycles. The van der Waals surface area contributed by atoms with Crippen molar-refractivity contribution < 1.29 is 27.1 Å². The molecule has 20 heavy (non-hydrogen) atoms. The van der Waals surface area contributed by atoms with Gasteiger partial charge in [0.15, 0.2) is 5.75 Å². The molecule has 1 aromatic rings. The van der Waals surface area contributed by atoms with Crippen LogP contribution in [-0.2, 0) is 10.4 Å². The van der Waals surface area contributed by atoms with E-state index in [4.69, 9.17) is 9.66 Å². The van der Waals surface area contributed by atoms with Crippen LogP contribution in [0.1, 0.15) is 24.2 Å². The normalized spacial score (nSPS) is 12.5. The van der Waals surface area contributed by atoms with Crippen LogP contribution in [0.5, 0.6) is 5.75 Å². The molecule has 0 aliphatic heterocycles. The monoisotopic (exact) mass is 318 g/mol. The molecular weight excluding hydrogens is 300 g/mol. The lowest BCUT2D eigenvalue weighted by molar-refractivity contribution is 0.0695. The minimum absolute atomic E-state index is 0.232. The van der Waals surface area contributed by atoms with Gasteiger partial charge in [-0.05, 0) is 16.8 Å². The number of hydrogen-bond acceptors (Lipinski definition) is 4. The molecule has 0 aliphatic rings. The fraction of sp³-hybridized carbons (Fsp3) is 0.417. The summed E-state index contributed by atoms with van der Waals surface area (Å²) in [5.41, 5.74) is -0.0448. The number of hydrogen-bond donors (Lipinski definition) is 2. The van der Waals surface area contributed by atoms with Gasteiger partial charge < -0.3 is 9.29 Å². The summed E-state index contributed by atoms with van der Waals surface area (Å²) in [5, 5.41) is 9.70. The summed E-state index contributed by atoms with van der Waals surface area (Å²) in [5.74, 6) is -1.59. The molecule has 0 radical (unpaired) electrons. The van der Waals surface area contributed by atoms with Crippen molar-refractivity contribution in [2.75, 3.05) is 0 Å². The molecule has 6 nitrogen and oxygen atoms in total. The average Bonchev–Trinajstić information content (AvgIpc) is 2.26. The predicted molar refractivity (Wildman–Crippen MR) is 77.8 cm³/mol. The van der Waals surface area contributed by atoms with E-state index in [2.05, 4.69) is 4.18 Å². The Balaban J connectivity index is 3.60. The molecular formula is C12H18O6SSi. The van der Waals surface area contributed by atoms with E-state index in [0.29, 0.717) is 5.19 Å². The van der Waals surface area contributed by atoms with Crippen molar-refractivity contribution in [3.63, 3.8) is 0 Å². The SMILES string of the molecule is CC(C)[Si](C)(C)c1cccc(C(=O)O)c1OS(=O)(=O)O. The highest BCUT2D eigenvalue weighted by Crippen LogP contribution is 2.27. The van der Waals surface area contributed by atoms with Crippen molar-refractivity contribution >= 4 is 29.6 Å². The van der Waals surface area contributed by atoms with E-state index in [-0.39, 0.29) is 16.9 Å². The second-order valence-corrected chi connectivity index (χ2v) is 11.5. The number of para-hydroxylation sites is 1. The molecule has 112 valence electrons. The Labute approximate surface area is 119 Å². The zero-order valence-corrected chi connectivity index (χ0v) is 13.6. The van der Waals surface area contributed by atoms with E-state index in [0.717, 1.165) is 0 Å². The number of carbonyl (C=O) groups is 1. The average molecular weight is 318 g/mol. The first-order valence-electron chi connectivity index (χ1n) is 6.00. The van der Waals surface area contributed by atoms with Crippen LogP contribution >= 0.6 is 0 Å². The summed E-state index contributed by atoms with van der Waals surface area (Å²) in [6.45, 7) is 7.93. The highest BCUT2D eigenvalue weighted by atomic mass is 32.3. The smallest absolute Gasteiger partial charge is 0.446 e. The zero-order chi connectivity index (χ0) is 15.7. The molecule has 0 heterocycles. The van der Waals surface area contributed by atoms with Gasteiger partial charge in [0.25, 0.3) is 0 Å². The topological polar surface area (TPSA) is 101 Å². The Bertz CT molecular complexity index is 621. The Morgan fingerprint density at radius 3 is 2.25 bits per heavy atom. The summed E-state index contributed by atoms with van der Waals surface area (Å²) in [6.07, 6.45) is 0. The van der Waals surface area contributed by atoms with Crippen LogP contribution in [0.4, 0.5) is 0 Å². The molecule has 1 aromatic carbocycles. The molecule has 1 rings (SSSR count). The quantitative estimate of drug-likeness (QED) is 0.635. The molecule has 0 amide bonds. The van der Waals surface area contributed by atoms with Gasteiger partial charge in [0.05, 0.1) is 8.07 Å². The molecule has 0 fully saturated rings. The lowest BCUT2D eigenvalue weighted by Gasteiger charge is -2.29. The van der Waals surface area contributed by atoms with E-state index >= 15 is 0 Å². The Morgan fingerprint density at radius 1 is 1.30 bits per heavy atom. The number of benzene rings is 1. The second-order valence-electron chi connectivity index (χ2n) is 5.37. The largest absolute Gasteiger partial charge is 0.478 e. The van der Waals surface area contributed by atoms with Gasteiger partial charge in [0.1, 0.15) is 5.56 Å². The van der Waals surface area contributed by atoms with Crippen molar-refractivity contribution in [3.05, 3.63) is 23.8 Å². The van der Waals surface area contributed by atoms with Gasteiger partial charge in [0.2, 0.25) is 0 Å². The van der Waals surface area contributed by atoms with Gasteiger partial charge in [-0.3, -0.25) is 4.55 Å². The summed E-state index contributed by atoms with van der Waals surface area (Å²) in [6, 6.07) is 4.45. The summed E-state index contributed by atoms with van der Waals surface area (Å²) < 4.78 is 35.4. The maximum Gasteiger partial charge on any atom is 0.446 e. The summed E-state index contributed by atoms with van der Waals surface area (Å²) in [7, 11) is -6.93. The maximum atomic E-state index is 11.2. The summed E-state index contributed by atoms with van der Waals surface area (Å²) in [4.78, 5) is 11.2. The number of rotatable bonds is 5. The van der Waals surface area contributed by atoms with Gasteiger partial charge in [-0.2, -0.15) is 8.42 Å². The fourth-order valence-electron chi connectivity index (χ4n) is 1.72. The Hall–Kier alpha value is -1.38. The molecule has 0 bridgehead atoms. The Morgan fingerprint density at radius 2 is 1.85 bits per heavy atom. The molecule has 0 saturated carbocycles. The molecule has 2 N–H and O–H groups in total. The molecule has 0 aromatic heterocycles. The molecule has 8 heteroatoms.